The zero-order chi connectivity index (χ0) is 18.3. The summed E-state index contributed by atoms with van der Waals surface area (Å²) in [7, 11) is 0. The van der Waals surface area contributed by atoms with Crippen LogP contribution in [0.4, 0.5) is 0 Å². The quantitative estimate of drug-likeness (QED) is 0.496. The van der Waals surface area contributed by atoms with Crippen LogP contribution < -0.4 is 0 Å². The first-order valence-corrected chi connectivity index (χ1v) is 8.32. The number of allylic oxidation sites excluding steroid dienone is 2. The summed E-state index contributed by atoms with van der Waals surface area (Å²) in [6.07, 6.45) is 7.40. The number of benzene rings is 2. The SMILES string of the molecule is C.CC(C)(C)C(C=Cc1ccccc1)=C(C=Cc1ccccc1)C(=O)O. The second-order valence-corrected chi connectivity index (χ2v) is 6.87. The second-order valence-electron chi connectivity index (χ2n) is 6.87. The molecule has 2 heteroatoms. The Labute approximate surface area is 157 Å². The summed E-state index contributed by atoms with van der Waals surface area (Å²) in [5.41, 5.74) is 2.82. The molecule has 0 amide bonds. The highest BCUT2D eigenvalue weighted by molar-refractivity contribution is 5.93. The standard InChI is InChI=1S/C23H24O2.CH4/c1-23(2,3)21(17-15-19-12-8-5-9-13-19)20(22(24)25)16-14-18-10-6-4-7-11-18;/h4-17H,1-3H3,(H,24,25);1H4. The van der Waals surface area contributed by atoms with Gasteiger partial charge in [-0.15, -0.1) is 0 Å². The minimum absolute atomic E-state index is 0. The number of hydrogen-bond donors (Lipinski definition) is 1. The van der Waals surface area contributed by atoms with Crippen molar-refractivity contribution in [3.63, 3.8) is 0 Å². The Kier molecular flexibility index (Phi) is 7.79. The lowest BCUT2D eigenvalue weighted by molar-refractivity contribution is -0.132. The van der Waals surface area contributed by atoms with Crippen LogP contribution in [-0.2, 0) is 4.79 Å². The lowest BCUT2D eigenvalue weighted by atomic mass is 9.82. The van der Waals surface area contributed by atoms with Crippen molar-refractivity contribution in [2.75, 3.05) is 0 Å². The lowest BCUT2D eigenvalue weighted by Crippen LogP contribution is -2.14. The predicted molar refractivity (Wildman–Crippen MR) is 112 cm³/mol. The van der Waals surface area contributed by atoms with Gasteiger partial charge >= 0.3 is 5.97 Å². The van der Waals surface area contributed by atoms with Crippen molar-refractivity contribution in [2.45, 2.75) is 28.2 Å². The maximum Gasteiger partial charge on any atom is 0.335 e. The first-order valence-electron chi connectivity index (χ1n) is 8.32. The molecule has 2 rings (SSSR count). The van der Waals surface area contributed by atoms with E-state index in [0.29, 0.717) is 5.57 Å². The minimum atomic E-state index is -0.921. The van der Waals surface area contributed by atoms with Crippen LogP contribution in [0.1, 0.15) is 39.3 Å². The van der Waals surface area contributed by atoms with Gasteiger partial charge in [-0.2, -0.15) is 0 Å². The lowest BCUT2D eigenvalue weighted by Gasteiger charge is -2.22. The summed E-state index contributed by atoms with van der Waals surface area (Å²) in [6, 6.07) is 19.6. The molecule has 2 aromatic rings. The average Bonchev–Trinajstić information content (AvgIpc) is 2.58. The summed E-state index contributed by atoms with van der Waals surface area (Å²) in [4.78, 5) is 11.9. The summed E-state index contributed by atoms with van der Waals surface area (Å²) < 4.78 is 0. The number of carboxylic acid groups (broad SMARTS) is 1. The predicted octanol–water partition coefficient (Wildman–Crippen LogP) is 6.48. The van der Waals surface area contributed by atoms with Gasteiger partial charge in [-0.05, 0) is 28.2 Å². The van der Waals surface area contributed by atoms with E-state index in [1.807, 2.05) is 99.7 Å². The molecule has 0 aliphatic heterocycles. The molecule has 0 unspecified atom stereocenters. The van der Waals surface area contributed by atoms with E-state index < -0.39 is 5.97 Å². The van der Waals surface area contributed by atoms with E-state index in [0.717, 1.165) is 16.7 Å². The first kappa shape index (κ1) is 21.2. The Morgan fingerprint density at radius 3 is 1.62 bits per heavy atom. The molecule has 0 heterocycles. The van der Waals surface area contributed by atoms with Crippen LogP contribution in [0, 0.1) is 5.41 Å². The third-order valence-electron chi connectivity index (χ3n) is 3.81. The van der Waals surface area contributed by atoms with E-state index in [9.17, 15) is 9.90 Å². The fourth-order valence-corrected chi connectivity index (χ4v) is 2.51. The molecule has 2 nitrogen and oxygen atoms in total. The molecular formula is C24H28O2. The maximum absolute atomic E-state index is 11.9. The Morgan fingerprint density at radius 1 is 0.808 bits per heavy atom. The number of aliphatic carboxylic acids is 1. The molecule has 26 heavy (non-hydrogen) atoms. The molecule has 0 aliphatic rings. The molecule has 0 radical (unpaired) electrons. The Morgan fingerprint density at radius 2 is 1.23 bits per heavy atom. The first-order chi connectivity index (χ1) is 11.9. The van der Waals surface area contributed by atoms with Crippen LogP contribution in [0.5, 0.6) is 0 Å². The smallest absolute Gasteiger partial charge is 0.335 e. The van der Waals surface area contributed by atoms with Gasteiger partial charge in [0, 0.05) is 0 Å². The fraction of sp³-hybridized carbons (Fsp3) is 0.208. The van der Waals surface area contributed by atoms with Gasteiger partial charge < -0.3 is 5.11 Å². The largest absolute Gasteiger partial charge is 0.478 e. The van der Waals surface area contributed by atoms with Crippen molar-refractivity contribution in [1.29, 1.82) is 0 Å². The molecule has 0 saturated heterocycles. The zero-order valence-corrected chi connectivity index (χ0v) is 14.9. The average molecular weight is 348 g/mol. The Hall–Kier alpha value is -2.87. The minimum Gasteiger partial charge on any atom is -0.478 e. The topological polar surface area (TPSA) is 37.3 Å². The van der Waals surface area contributed by atoms with E-state index in [1.165, 1.54) is 0 Å². The van der Waals surface area contributed by atoms with Crippen molar-refractivity contribution in [3.8, 4) is 0 Å². The number of carbonyl (C=O) groups is 1. The molecule has 0 fully saturated rings. The molecule has 0 atom stereocenters. The Balaban J connectivity index is 0.00000338. The normalized spacial score (nSPS) is 12.7. The van der Waals surface area contributed by atoms with Crippen molar-refractivity contribution in [1.82, 2.24) is 0 Å². The fourth-order valence-electron chi connectivity index (χ4n) is 2.51. The van der Waals surface area contributed by atoms with E-state index in [2.05, 4.69) is 0 Å². The van der Waals surface area contributed by atoms with Gasteiger partial charge in [-0.3, -0.25) is 0 Å². The highest BCUT2D eigenvalue weighted by Crippen LogP contribution is 2.31. The third-order valence-corrected chi connectivity index (χ3v) is 3.81. The van der Waals surface area contributed by atoms with Crippen LogP contribution in [-0.4, -0.2) is 11.1 Å². The van der Waals surface area contributed by atoms with Crippen LogP contribution >= 0.6 is 0 Å². The van der Waals surface area contributed by atoms with E-state index in [-0.39, 0.29) is 12.8 Å². The number of hydrogen-bond acceptors (Lipinski definition) is 1. The molecule has 2 aromatic carbocycles. The molecule has 136 valence electrons. The van der Waals surface area contributed by atoms with Gasteiger partial charge in [0.25, 0.3) is 0 Å². The van der Waals surface area contributed by atoms with E-state index in [1.54, 1.807) is 6.08 Å². The van der Waals surface area contributed by atoms with Crippen molar-refractivity contribution >= 4 is 18.1 Å². The summed E-state index contributed by atoms with van der Waals surface area (Å²) >= 11 is 0. The number of carboxylic acids is 1. The Bertz CT molecular complexity index is 789. The van der Waals surface area contributed by atoms with Gasteiger partial charge in [-0.1, -0.05) is 107 Å². The molecular weight excluding hydrogens is 320 g/mol. The van der Waals surface area contributed by atoms with Crippen LogP contribution in [0.2, 0.25) is 0 Å². The molecule has 0 saturated carbocycles. The zero-order valence-electron chi connectivity index (χ0n) is 14.9. The number of rotatable bonds is 5. The molecule has 0 aromatic heterocycles. The van der Waals surface area contributed by atoms with Crippen LogP contribution in [0.15, 0.2) is 84.0 Å². The van der Waals surface area contributed by atoms with E-state index >= 15 is 0 Å². The highest BCUT2D eigenvalue weighted by atomic mass is 16.4. The summed E-state index contributed by atoms with van der Waals surface area (Å²) in [6.45, 7) is 6.07. The monoisotopic (exact) mass is 348 g/mol. The van der Waals surface area contributed by atoms with Crippen molar-refractivity contribution in [3.05, 3.63) is 95.1 Å². The molecule has 0 spiro atoms. The van der Waals surface area contributed by atoms with Gasteiger partial charge in [0.05, 0.1) is 5.57 Å². The van der Waals surface area contributed by atoms with Crippen LogP contribution in [0.3, 0.4) is 0 Å². The van der Waals surface area contributed by atoms with Crippen molar-refractivity contribution < 1.29 is 9.90 Å². The van der Waals surface area contributed by atoms with Gasteiger partial charge in [0.1, 0.15) is 0 Å². The molecule has 0 bridgehead atoms. The molecule has 1 N–H and O–H groups in total. The van der Waals surface area contributed by atoms with E-state index in [4.69, 9.17) is 0 Å². The molecule has 0 aliphatic carbocycles. The van der Waals surface area contributed by atoms with Gasteiger partial charge in [0.2, 0.25) is 0 Å². The third kappa shape index (κ3) is 6.21. The highest BCUT2D eigenvalue weighted by Gasteiger charge is 2.21. The van der Waals surface area contributed by atoms with Crippen LogP contribution in [0.25, 0.3) is 12.2 Å². The second kappa shape index (κ2) is 9.57. The van der Waals surface area contributed by atoms with Gasteiger partial charge in [0.15, 0.2) is 0 Å². The maximum atomic E-state index is 11.9. The summed E-state index contributed by atoms with van der Waals surface area (Å²) in [5, 5.41) is 9.74. The van der Waals surface area contributed by atoms with Gasteiger partial charge in [-0.25, -0.2) is 4.79 Å². The van der Waals surface area contributed by atoms with Crippen molar-refractivity contribution in [2.24, 2.45) is 5.41 Å². The summed E-state index contributed by atoms with van der Waals surface area (Å²) in [5.74, 6) is -0.921.